The van der Waals surface area contributed by atoms with Crippen LogP contribution in [0.2, 0.25) is 0 Å². The van der Waals surface area contributed by atoms with E-state index in [4.69, 9.17) is 4.74 Å². The number of ether oxygens (including phenoxy) is 1. The third kappa shape index (κ3) is 14.6. The highest BCUT2D eigenvalue weighted by molar-refractivity contribution is 5.99. The summed E-state index contributed by atoms with van der Waals surface area (Å²) < 4.78 is 5.17. The van der Waals surface area contributed by atoms with Gasteiger partial charge in [-0.15, -0.1) is 0 Å². The molecule has 0 bridgehead atoms. The number of carbonyl (C=O) groups excluding carboxylic acids is 7. The molecule has 7 amide bonds. The average molecular weight is 995 g/mol. The second kappa shape index (κ2) is 24.7. The molecule has 3 aromatic rings. The zero-order chi connectivity index (χ0) is 52.2. The number of carboxylic acids is 1. The Morgan fingerprint density at radius 2 is 1.58 bits per heavy atom. The molecule has 24 heteroatoms. The fourth-order valence-corrected chi connectivity index (χ4v) is 8.30. The smallest absolute Gasteiger partial charge is 0.352 e. The van der Waals surface area contributed by atoms with Crippen molar-refractivity contribution >= 4 is 64.3 Å². The Morgan fingerprint density at radius 3 is 2.27 bits per heavy atom. The molecule has 5 rings (SSSR count). The van der Waals surface area contributed by atoms with Gasteiger partial charge in [0.15, 0.2) is 17.9 Å². The van der Waals surface area contributed by atoms with Gasteiger partial charge < -0.3 is 82.3 Å². The number of carbonyl (C=O) groups is 8. The number of nitrogens with zero attached hydrogens (tertiary/aromatic N) is 1. The number of allylic oxidation sites excluding steroid dienone is 1. The van der Waals surface area contributed by atoms with Crippen LogP contribution in [0.3, 0.4) is 0 Å². The summed E-state index contributed by atoms with van der Waals surface area (Å²) in [6.07, 6.45) is -6.36. The lowest BCUT2D eigenvalue weighted by Gasteiger charge is -2.35. The monoisotopic (exact) mass is 994 g/mol. The number of carboxylic acid groups (broad SMARTS) is 1. The Kier molecular flexibility index (Phi) is 19.2. The molecule has 2 aliphatic heterocycles. The van der Waals surface area contributed by atoms with Crippen LogP contribution in [0, 0.1) is 5.92 Å². The Balaban J connectivity index is 1.34. The molecule has 1 aromatic heterocycles. The highest BCUT2D eigenvalue weighted by Gasteiger charge is 2.55. The number of hydrogen-bond donors (Lipinski definition) is 14. The molecule has 0 radical (unpaired) electrons. The molecular weight excluding hydrogens is 933 g/mol. The first-order chi connectivity index (χ1) is 33.6. The number of aromatic carboxylic acids is 1. The summed E-state index contributed by atoms with van der Waals surface area (Å²) in [6, 6.07) is 8.16. The number of aromatic amines is 1. The van der Waals surface area contributed by atoms with E-state index >= 15 is 0 Å². The summed E-state index contributed by atoms with van der Waals surface area (Å²) in [7, 11) is 2.68. The molecule has 71 heavy (non-hydrogen) atoms. The number of aromatic nitrogens is 1. The maximum atomic E-state index is 13.8. The summed E-state index contributed by atoms with van der Waals surface area (Å²) >= 11 is 0. The van der Waals surface area contributed by atoms with Crippen LogP contribution in [-0.2, 0) is 40.0 Å². The molecular formula is C47H62N8O16. The quantitative estimate of drug-likeness (QED) is 0.0754. The van der Waals surface area contributed by atoms with Gasteiger partial charge in [-0.3, -0.25) is 33.6 Å². The highest BCUT2D eigenvalue weighted by atomic mass is 16.5. The van der Waals surface area contributed by atoms with Gasteiger partial charge in [-0.05, 0) is 54.5 Å². The summed E-state index contributed by atoms with van der Waals surface area (Å²) in [6.45, 7) is -0.564. The van der Waals surface area contributed by atoms with Gasteiger partial charge in [0.1, 0.15) is 29.6 Å². The molecule has 3 unspecified atom stereocenters. The molecule has 14 N–H and O–H groups in total. The molecule has 3 heterocycles. The maximum Gasteiger partial charge on any atom is 0.352 e. The lowest BCUT2D eigenvalue weighted by molar-refractivity contribution is -0.146. The van der Waals surface area contributed by atoms with Crippen molar-refractivity contribution in [2.45, 2.75) is 106 Å². The minimum atomic E-state index is -2.78. The number of aliphatic hydroxyl groups is 6. The van der Waals surface area contributed by atoms with Crippen LogP contribution < -0.4 is 36.6 Å². The van der Waals surface area contributed by atoms with Crippen molar-refractivity contribution in [1.29, 1.82) is 0 Å². The molecule has 386 valence electrons. The van der Waals surface area contributed by atoms with E-state index in [1.165, 1.54) is 0 Å². The number of hydrogen-bond acceptors (Lipinski definition) is 15. The van der Waals surface area contributed by atoms with Crippen LogP contribution in [0.4, 0.5) is 0 Å². The number of nitrogens with one attached hydrogen (secondary N) is 7. The number of methoxy groups -OCH3 is 1. The van der Waals surface area contributed by atoms with E-state index in [-0.39, 0.29) is 11.3 Å². The number of amides is 7. The number of β-amino-alcohol motifs (C(OH)–C–C–N with tert-alkyl or cyclic N) is 1. The Hall–Kier alpha value is -6.96. The first kappa shape index (κ1) is 55.0. The Morgan fingerprint density at radius 1 is 0.873 bits per heavy atom. The number of para-hydroxylation sites is 1. The molecule has 24 nitrogen and oxygen atoms in total. The molecule has 0 saturated carbocycles. The van der Waals surface area contributed by atoms with E-state index in [9.17, 15) is 74.1 Å². The van der Waals surface area contributed by atoms with E-state index in [1.807, 2.05) is 41.7 Å². The number of unbranched alkanes of at least 4 members (excludes halogenated alkanes) is 2. The predicted octanol–water partition coefficient (Wildman–Crippen LogP) is -3.11. The van der Waals surface area contributed by atoms with E-state index in [0.29, 0.717) is 36.6 Å². The third-order valence-electron chi connectivity index (χ3n) is 12.4. The highest BCUT2D eigenvalue weighted by Crippen LogP contribution is 2.27. The first-order valence-electron chi connectivity index (χ1n) is 22.9. The number of H-pyrrole nitrogens is 1. The standard InChI is InChI=1S/C47H62N8O16/c1-24(10-6-4-5-7-11-25-14-16-27(71-3)17-15-25)38(61)39(62)37-40(63)44(66)53-42-41(64)45(67)54-47(42,70)20-35(60)55(2)23-34(59)50-31(19-29-28-12-8-9-13-30(28)51-36(29)46(68)69)43(65)49-22-33(58)48-21-26(56)18-32(57)52-37/h7-9,11-17,24,26,31,37-42,51,56,61-64,70H,4-6,10,18-23H2,1-3H3,(H,48,58)(H,49,65)(H,50,59)(H,52,57)(H,53,66)(H,54,67)(H,68,69)/b11-7+/t24?,26-,31-,37?,38+,39+,40+,41-,42?,47+/m1/s1. The first-order valence-corrected chi connectivity index (χ1v) is 22.9. The van der Waals surface area contributed by atoms with Gasteiger partial charge in [0.05, 0.1) is 51.3 Å². The van der Waals surface area contributed by atoms with Crippen LogP contribution in [-0.4, -0.2) is 181 Å². The van der Waals surface area contributed by atoms with E-state index in [2.05, 4.69) is 31.6 Å². The van der Waals surface area contributed by atoms with Gasteiger partial charge in [-0.1, -0.05) is 55.8 Å². The molecule has 10 atom stereocenters. The number of aliphatic hydroxyl groups excluding tert-OH is 5. The van der Waals surface area contributed by atoms with Crippen molar-refractivity contribution in [1.82, 2.24) is 41.8 Å². The maximum absolute atomic E-state index is 13.8. The van der Waals surface area contributed by atoms with Gasteiger partial charge in [0.2, 0.25) is 29.5 Å². The summed E-state index contributed by atoms with van der Waals surface area (Å²) in [5.41, 5.74) is -1.61. The minimum Gasteiger partial charge on any atom is -0.497 e. The predicted molar refractivity (Wildman–Crippen MR) is 250 cm³/mol. The summed E-state index contributed by atoms with van der Waals surface area (Å²) in [4.78, 5) is 109. The molecule has 2 aliphatic rings. The van der Waals surface area contributed by atoms with E-state index < -0.39 is 147 Å². The molecule has 2 aromatic carbocycles. The lowest BCUT2D eigenvalue weighted by atomic mass is 9.88. The van der Waals surface area contributed by atoms with Crippen molar-refractivity contribution < 1.29 is 78.8 Å². The third-order valence-corrected chi connectivity index (χ3v) is 12.4. The molecule has 0 aliphatic carbocycles. The van der Waals surface area contributed by atoms with Gasteiger partial charge in [-0.25, -0.2) is 4.79 Å². The van der Waals surface area contributed by atoms with Crippen molar-refractivity contribution in [2.75, 3.05) is 33.8 Å². The minimum absolute atomic E-state index is 0.108. The number of benzene rings is 2. The average Bonchev–Trinajstić information content (AvgIpc) is 3.80. The Labute approximate surface area is 407 Å². The summed E-state index contributed by atoms with van der Waals surface area (Å²) in [5, 5.41) is 91.1. The van der Waals surface area contributed by atoms with Gasteiger partial charge >= 0.3 is 5.97 Å². The van der Waals surface area contributed by atoms with Crippen LogP contribution >= 0.6 is 0 Å². The van der Waals surface area contributed by atoms with Crippen LogP contribution in [0.1, 0.15) is 67.1 Å². The topological polar surface area (TPSA) is 379 Å². The van der Waals surface area contributed by atoms with Gasteiger partial charge in [-0.2, -0.15) is 0 Å². The van der Waals surface area contributed by atoms with Gasteiger partial charge in [0.25, 0.3) is 11.8 Å². The second-order valence-electron chi connectivity index (χ2n) is 17.8. The SMILES string of the molecule is COc1ccc(/C=C/CCCCC(C)[C@H](O)[C@@H](O)C2NC(=O)C[C@@H](O)CNC(=O)CNC(=O)[C@@H](Cc3c(C(=O)O)[nH]c4ccccc34)NC(=O)CN(C)C(=O)C[C@@]3(O)NC(=O)[C@H](O)C3NC(=O)[C@H]2O)cc1. The molecule has 0 spiro atoms. The largest absolute Gasteiger partial charge is 0.497 e. The normalized spacial score (nSPS) is 26.0. The zero-order valence-corrected chi connectivity index (χ0v) is 39.3. The van der Waals surface area contributed by atoms with Crippen LogP contribution in [0.5, 0.6) is 5.75 Å². The fraction of sp³-hybridized carbons (Fsp3) is 0.489. The second-order valence-corrected chi connectivity index (χ2v) is 17.8. The van der Waals surface area contributed by atoms with Crippen molar-refractivity contribution in [3.05, 3.63) is 71.4 Å². The van der Waals surface area contributed by atoms with Crippen LogP contribution in [0.25, 0.3) is 17.0 Å². The summed E-state index contributed by atoms with van der Waals surface area (Å²) in [5.74, 6) is -9.14. The van der Waals surface area contributed by atoms with E-state index in [1.54, 1.807) is 38.3 Å². The number of rotatable bonds is 13. The van der Waals surface area contributed by atoms with E-state index in [0.717, 1.165) is 23.3 Å². The van der Waals surface area contributed by atoms with Crippen molar-refractivity contribution in [3.63, 3.8) is 0 Å². The van der Waals surface area contributed by atoms with Crippen LogP contribution in [0.15, 0.2) is 54.6 Å². The Bertz CT molecular complexity index is 2450. The van der Waals surface area contributed by atoms with Crippen molar-refractivity contribution in [2.24, 2.45) is 5.92 Å². The van der Waals surface area contributed by atoms with Gasteiger partial charge in [0, 0.05) is 30.9 Å². The number of fused-ring (bicyclic) bond motifs is 2. The molecule has 2 saturated heterocycles. The zero-order valence-electron chi connectivity index (χ0n) is 39.3. The fourth-order valence-electron chi connectivity index (χ4n) is 8.30. The number of likely N-dealkylation sites (N-methyl/N-ethyl adjacent to an activating group) is 1. The lowest BCUT2D eigenvalue weighted by Crippen LogP contribution is -2.64. The van der Waals surface area contributed by atoms with Crippen molar-refractivity contribution in [3.8, 4) is 5.75 Å². The molecule has 2 fully saturated rings.